The number of rotatable bonds is 4. The first-order valence-electron chi connectivity index (χ1n) is 6.99. The topological polar surface area (TPSA) is 12.0 Å². The van der Waals surface area contributed by atoms with Crippen molar-refractivity contribution in [2.24, 2.45) is 17.8 Å². The molecule has 3 unspecified atom stereocenters. The van der Waals surface area contributed by atoms with Crippen LogP contribution in [0.3, 0.4) is 0 Å². The molecule has 0 radical (unpaired) electrons. The maximum Gasteiger partial charge on any atom is 0.0133 e. The second-order valence-corrected chi connectivity index (χ2v) is 6.07. The molecule has 0 saturated heterocycles. The molecule has 2 saturated carbocycles. The van der Waals surface area contributed by atoms with Gasteiger partial charge in [-0.25, -0.2) is 0 Å². The normalized spacial score (nSPS) is 32.2. The average molecular weight is 229 g/mol. The molecule has 0 spiro atoms. The van der Waals surface area contributed by atoms with E-state index in [1.54, 1.807) is 0 Å². The number of hydrogen-bond acceptors (Lipinski definition) is 1. The fraction of sp³-hybridized carbons (Fsp3) is 0.625. The molecule has 3 rings (SSSR count). The number of hydrogen-bond donors (Lipinski definition) is 1. The van der Waals surface area contributed by atoms with Crippen LogP contribution >= 0.6 is 0 Å². The second kappa shape index (κ2) is 4.45. The summed E-state index contributed by atoms with van der Waals surface area (Å²) in [6.45, 7) is 2.16. The molecule has 0 aliphatic heterocycles. The van der Waals surface area contributed by atoms with Crippen molar-refractivity contribution in [2.45, 2.75) is 38.6 Å². The van der Waals surface area contributed by atoms with E-state index in [0.717, 1.165) is 17.8 Å². The summed E-state index contributed by atoms with van der Waals surface area (Å²) >= 11 is 0. The zero-order chi connectivity index (χ0) is 11.8. The van der Waals surface area contributed by atoms with Crippen LogP contribution in [0.4, 0.5) is 0 Å². The van der Waals surface area contributed by atoms with Gasteiger partial charge in [-0.15, -0.1) is 0 Å². The Morgan fingerprint density at radius 1 is 1.12 bits per heavy atom. The second-order valence-electron chi connectivity index (χ2n) is 6.07. The highest BCUT2D eigenvalue weighted by Gasteiger charge is 2.47. The summed E-state index contributed by atoms with van der Waals surface area (Å²) in [5, 5.41) is 3.55. The van der Waals surface area contributed by atoms with Crippen LogP contribution in [-0.4, -0.2) is 13.1 Å². The Morgan fingerprint density at radius 3 is 2.35 bits per heavy atom. The first kappa shape index (κ1) is 11.3. The van der Waals surface area contributed by atoms with Crippen molar-refractivity contribution in [1.29, 1.82) is 0 Å². The summed E-state index contributed by atoms with van der Waals surface area (Å²) in [5.74, 6) is 3.10. The molecule has 0 amide bonds. The summed E-state index contributed by atoms with van der Waals surface area (Å²) in [6.07, 6.45) is 5.67. The Labute approximate surface area is 105 Å². The summed E-state index contributed by atoms with van der Waals surface area (Å²) < 4.78 is 0. The smallest absolute Gasteiger partial charge is 0.0133 e. The Bertz CT molecular complexity index is 371. The van der Waals surface area contributed by atoms with E-state index in [-0.39, 0.29) is 0 Å². The molecule has 2 fully saturated rings. The lowest BCUT2D eigenvalue weighted by Gasteiger charge is -2.24. The minimum absolute atomic E-state index is 0.686. The summed E-state index contributed by atoms with van der Waals surface area (Å²) in [4.78, 5) is 0. The molecule has 0 heterocycles. The Hall–Kier alpha value is -0.820. The van der Waals surface area contributed by atoms with Crippen LogP contribution in [0.5, 0.6) is 0 Å². The number of benzene rings is 1. The van der Waals surface area contributed by atoms with E-state index in [9.17, 15) is 0 Å². The van der Waals surface area contributed by atoms with Gasteiger partial charge in [-0.1, -0.05) is 29.8 Å². The van der Waals surface area contributed by atoms with Gasteiger partial charge in [0, 0.05) is 6.04 Å². The molecule has 2 aliphatic rings. The predicted molar refractivity (Wildman–Crippen MR) is 72.1 cm³/mol. The number of fused-ring (bicyclic) bond motifs is 1. The molecule has 1 heteroatoms. The zero-order valence-corrected chi connectivity index (χ0v) is 10.9. The fourth-order valence-corrected chi connectivity index (χ4v) is 3.57. The third-order valence-electron chi connectivity index (χ3n) is 4.80. The van der Waals surface area contributed by atoms with Crippen LogP contribution in [0, 0.1) is 24.7 Å². The fourth-order valence-electron chi connectivity index (χ4n) is 3.57. The molecule has 1 aromatic rings. The lowest BCUT2D eigenvalue weighted by atomic mass is 9.89. The maximum atomic E-state index is 3.55. The molecule has 2 aliphatic carbocycles. The maximum absolute atomic E-state index is 3.55. The van der Waals surface area contributed by atoms with Gasteiger partial charge in [0.25, 0.3) is 0 Å². The van der Waals surface area contributed by atoms with E-state index in [1.807, 2.05) is 0 Å². The standard InChI is InChI=1S/C16H23N/c1-11-3-5-12(6-4-11)7-16(17-2)15-9-13-8-14(13)10-15/h3-6,13-17H,7-10H2,1-2H3. The number of likely N-dealkylation sites (N-methyl/N-ethyl adjacent to an activating group) is 1. The summed E-state index contributed by atoms with van der Waals surface area (Å²) in [6, 6.07) is 9.72. The molecule has 1 N–H and O–H groups in total. The van der Waals surface area contributed by atoms with Crippen molar-refractivity contribution in [3.05, 3.63) is 35.4 Å². The van der Waals surface area contributed by atoms with Crippen LogP contribution in [0.25, 0.3) is 0 Å². The summed E-state index contributed by atoms with van der Waals surface area (Å²) in [5.41, 5.74) is 2.84. The molecule has 0 bridgehead atoms. The van der Waals surface area contributed by atoms with Crippen LogP contribution < -0.4 is 5.32 Å². The molecule has 1 aromatic carbocycles. The molecule has 92 valence electrons. The highest BCUT2D eigenvalue weighted by Crippen LogP contribution is 2.55. The van der Waals surface area contributed by atoms with E-state index in [4.69, 9.17) is 0 Å². The zero-order valence-electron chi connectivity index (χ0n) is 10.9. The molecule has 17 heavy (non-hydrogen) atoms. The van der Waals surface area contributed by atoms with E-state index in [2.05, 4.69) is 43.6 Å². The first-order valence-corrected chi connectivity index (χ1v) is 6.99. The Balaban J connectivity index is 1.63. The van der Waals surface area contributed by atoms with Gasteiger partial charge in [0.1, 0.15) is 0 Å². The molecular weight excluding hydrogens is 206 g/mol. The van der Waals surface area contributed by atoms with Crippen LogP contribution in [0.15, 0.2) is 24.3 Å². The van der Waals surface area contributed by atoms with Crippen LogP contribution in [0.2, 0.25) is 0 Å². The van der Waals surface area contributed by atoms with Gasteiger partial charge < -0.3 is 5.32 Å². The van der Waals surface area contributed by atoms with Gasteiger partial charge >= 0.3 is 0 Å². The van der Waals surface area contributed by atoms with E-state index < -0.39 is 0 Å². The van der Waals surface area contributed by atoms with E-state index >= 15 is 0 Å². The van der Waals surface area contributed by atoms with Gasteiger partial charge in [0.05, 0.1) is 0 Å². The van der Waals surface area contributed by atoms with Crippen LogP contribution in [-0.2, 0) is 6.42 Å². The van der Waals surface area contributed by atoms with E-state index in [0.29, 0.717) is 6.04 Å². The van der Waals surface area contributed by atoms with Crippen molar-refractivity contribution < 1.29 is 0 Å². The minimum atomic E-state index is 0.686. The quantitative estimate of drug-likeness (QED) is 0.836. The molecule has 0 aromatic heterocycles. The van der Waals surface area contributed by atoms with Gasteiger partial charge in [0.2, 0.25) is 0 Å². The Morgan fingerprint density at radius 2 is 1.76 bits per heavy atom. The van der Waals surface area contributed by atoms with Crippen molar-refractivity contribution in [3.63, 3.8) is 0 Å². The van der Waals surface area contributed by atoms with Crippen molar-refractivity contribution >= 4 is 0 Å². The lowest BCUT2D eigenvalue weighted by Crippen LogP contribution is -2.35. The third kappa shape index (κ3) is 2.40. The number of nitrogens with one attached hydrogen (secondary N) is 1. The summed E-state index contributed by atoms with van der Waals surface area (Å²) in [7, 11) is 2.13. The lowest BCUT2D eigenvalue weighted by molar-refractivity contribution is 0.349. The van der Waals surface area contributed by atoms with Crippen molar-refractivity contribution in [1.82, 2.24) is 5.32 Å². The van der Waals surface area contributed by atoms with Gasteiger partial charge in [-0.2, -0.15) is 0 Å². The third-order valence-corrected chi connectivity index (χ3v) is 4.80. The van der Waals surface area contributed by atoms with Gasteiger partial charge in [-0.3, -0.25) is 0 Å². The van der Waals surface area contributed by atoms with Crippen molar-refractivity contribution in [2.75, 3.05) is 7.05 Å². The number of aryl methyl sites for hydroxylation is 1. The minimum Gasteiger partial charge on any atom is -0.316 e. The molecule has 3 atom stereocenters. The Kier molecular flexibility index (Phi) is 2.96. The monoisotopic (exact) mass is 229 g/mol. The SMILES string of the molecule is CNC(Cc1ccc(C)cc1)C1CC2CC2C1. The largest absolute Gasteiger partial charge is 0.316 e. The first-order chi connectivity index (χ1) is 8.26. The van der Waals surface area contributed by atoms with Gasteiger partial charge in [0.15, 0.2) is 0 Å². The van der Waals surface area contributed by atoms with Gasteiger partial charge in [-0.05, 0) is 63.0 Å². The predicted octanol–water partition coefficient (Wildman–Crippen LogP) is 3.17. The highest BCUT2D eigenvalue weighted by atomic mass is 14.9. The highest BCUT2D eigenvalue weighted by molar-refractivity contribution is 5.22. The van der Waals surface area contributed by atoms with Crippen LogP contribution in [0.1, 0.15) is 30.4 Å². The molecular formula is C16H23N. The molecule has 1 nitrogen and oxygen atoms in total. The van der Waals surface area contributed by atoms with Crippen molar-refractivity contribution in [3.8, 4) is 0 Å². The average Bonchev–Trinajstić information content (AvgIpc) is 2.95. The van der Waals surface area contributed by atoms with E-state index in [1.165, 1.54) is 36.8 Å².